The molecule has 0 saturated carbocycles. The van der Waals surface area contributed by atoms with Gasteiger partial charge in [0.2, 0.25) is 0 Å². The fourth-order valence-corrected chi connectivity index (χ4v) is 4.33. The van der Waals surface area contributed by atoms with E-state index in [-0.39, 0.29) is 11.4 Å². The van der Waals surface area contributed by atoms with Crippen molar-refractivity contribution in [3.63, 3.8) is 0 Å². The molecular weight excluding hydrogens is 422 g/mol. The lowest BCUT2D eigenvalue weighted by Crippen LogP contribution is -2.37. The summed E-state index contributed by atoms with van der Waals surface area (Å²) in [6, 6.07) is 14.4. The average molecular weight is 456 g/mol. The second-order valence-corrected chi connectivity index (χ2v) is 14.8. The highest BCUT2D eigenvalue weighted by Crippen LogP contribution is 2.39. The van der Waals surface area contributed by atoms with E-state index < -0.39 is 8.07 Å². The summed E-state index contributed by atoms with van der Waals surface area (Å²) in [5.41, 5.74) is 9.11. The summed E-state index contributed by atoms with van der Waals surface area (Å²) in [4.78, 5) is 13.6. The normalized spacial score (nSPS) is 14.5. The van der Waals surface area contributed by atoms with E-state index in [4.69, 9.17) is 0 Å². The van der Waals surface area contributed by atoms with Crippen molar-refractivity contribution in [2.75, 3.05) is 25.1 Å². The lowest BCUT2D eigenvalue weighted by atomic mass is 9.77. The van der Waals surface area contributed by atoms with Crippen LogP contribution in [0.3, 0.4) is 0 Å². The zero-order valence-electron chi connectivity index (χ0n) is 20.6. The van der Waals surface area contributed by atoms with E-state index in [1.54, 1.807) is 6.08 Å². The van der Waals surface area contributed by atoms with Crippen molar-refractivity contribution in [1.29, 1.82) is 0 Å². The van der Waals surface area contributed by atoms with E-state index in [0.29, 0.717) is 0 Å². The van der Waals surface area contributed by atoms with Gasteiger partial charge < -0.3 is 9.64 Å². The fourth-order valence-electron chi connectivity index (χ4n) is 3.72. The van der Waals surface area contributed by atoms with E-state index in [1.807, 2.05) is 24.3 Å². The Morgan fingerprint density at radius 2 is 1.76 bits per heavy atom. The quantitative estimate of drug-likeness (QED) is 0.260. The van der Waals surface area contributed by atoms with Crippen molar-refractivity contribution in [1.82, 2.24) is 0 Å². The molecule has 0 N–H and O–H groups in total. The number of esters is 1. The molecule has 3 nitrogen and oxygen atoms in total. The van der Waals surface area contributed by atoms with Gasteiger partial charge in [0.1, 0.15) is 8.07 Å². The Balaban J connectivity index is 1.80. The number of rotatable bonds is 3. The molecule has 1 aliphatic heterocycles. The van der Waals surface area contributed by atoms with Crippen LogP contribution in [0, 0.1) is 23.3 Å². The van der Waals surface area contributed by atoms with Crippen LogP contribution in [-0.4, -0.2) is 34.2 Å². The minimum atomic E-state index is -1.36. The number of carbonyl (C=O) groups is 1. The standard InChI is InChI=1S/C29H33NO2Si/c1-29(2)18-20-30(19-7-21-33(4,5)6)27-16-14-25(22-26(27)29)13-12-23-8-10-24(11-9-23)15-17-28(31)32-3/h8-11,14-17,22H,18-20H2,1-6H3/b17-15+. The maximum absolute atomic E-state index is 11.2. The molecule has 0 spiro atoms. The van der Waals surface area contributed by atoms with E-state index in [2.05, 4.69) is 84.6 Å². The SMILES string of the molecule is COC(=O)/C=C/c1ccc(C#Cc2ccc3c(c2)C(C)(C)CCN3CC#C[Si](C)(C)C)cc1. The molecule has 0 aromatic heterocycles. The molecule has 170 valence electrons. The van der Waals surface area contributed by atoms with Crippen molar-refractivity contribution in [2.45, 2.75) is 45.3 Å². The second kappa shape index (κ2) is 10.2. The third kappa shape index (κ3) is 6.88. The molecule has 1 aliphatic rings. The number of anilines is 1. The summed E-state index contributed by atoms with van der Waals surface area (Å²) >= 11 is 0. The van der Waals surface area contributed by atoms with Gasteiger partial charge in [0.05, 0.1) is 13.7 Å². The van der Waals surface area contributed by atoms with Gasteiger partial charge in [0.25, 0.3) is 0 Å². The first-order chi connectivity index (χ1) is 15.6. The van der Waals surface area contributed by atoms with Gasteiger partial charge in [-0.3, -0.25) is 0 Å². The van der Waals surface area contributed by atoms with Gasteiger partial charge in [-0.15, -0.1) is 5.54 Å². The zero-order chi connectivity index (χ0) is 24.1. The van der Waals surface area contributed by atoms with Crippen LogP contribution in [0.4, 0.5) is 5.69 Å². The van der Waals surface area contributed by atoms with Gasteiger partial charge in [-0.2, -0.15) is 0 Å². The first-order valence-corrected chi connectivity index (χ1v) is 14.8. The maximum atomic E-state index is 11.2. The van der Waals surface area contributed by atoms with Crippen molar-refractivity contribution in [3.8, 4) is 23.3 Å². The highest BCUT2D eigenvalue weighted by Gasteiger charge is 2.31. The Labute approximate surface area is 199 Å². The molecule has 3 rings (SSSR count). The van der Waals surface area contributed by atoms with Crippen molar-refractivity contribution >= 4 is 25.8 Å². The number of methoxy groups -OCH3 is 1. The van der Waals surface area contributed by atoms with Gasteiger partial charge in [-0.05, 0) is 59.4 Å². The number of hydrogen-bond acceptors (Lipinski definition) is 3. The molecule has 0 atom stereocenters. The van der Waals surface area contributed by atoms with E-state index >= 15 is 0 Å². The van der Waals surface area contributed by atoms with Crippen LogP contribution in [-0.2, 0) is 14.9 Å². The Kier molecular flexibility index (Phi) is 7.52. The molecule has 0 saturated heterocycles. The molecule has 0 bridgehead atoms. The summed E-state index contributed by atoms with van der Waals surface area (Å²) in [5.74, 6) is 9.65. The highest BCUT2D eigenvalue weighted by molar-refractivity contribution is 6.83. The van der Waals surface area contributed by atoms with Crippen LogP contribution in [0.15, 0.2) is 48.5 Å². The van der Waals surface area contributed by atoms with Crippen molar-refractivity contribution in [3.05, 3.63) is 70.8 Å². The van der Waals surface area contributed by atoms with Gasteiger partial charge in [-0.1, -0.05) is 63.4 Å². The summed E-state index contributed by atoms with van der Waals surface area (Å²) in [6.45, 7) is 13.3. The number of benzene rings is 2. The van der Waals surface area contributed by atoms with Gasteiger partial charge in [-0.25, -0.2) is 4.79 Å². The summed E-state index contributed by atoms with van der Waals surface area (Å²) in [7, 11) is 0.00909. The molecule has 4 heteroatoms. The molecular formula is C29H33NO2Si. The van der Waals surface area contributed by atoms with Crippen LogP contribution in [0.1, 0.15) is 42.5 Å². The number of hydrogen-bond donors (Lipinski definition) is 0. The summed E-state index contributed by atoms with van der Waals surface area (Å²) in [5, 5.41) is 0. The fraction of sp³-hybridized carbons (Fsp3) is 0.345. The second-order valence-electron chi connectivity index (χ2n) is 10.1. The van der Waals surface area contributed by atoms with Gasteiger partial charge >= 0.3 is 5.97 Å². The predicted octanol–water partition coefficient (Wildman–Crippen LogP) is 5.64. The highest BCUT2D eigenvalue weighted by atomic mass is 28.3. The molecule has 2 aromatic rings. The van der Waals surface area contributed by atoms with Crippen LogP contribution in [0.25, 0.3) is 6.08 Å². The minimum absolute atomic E-state index is 0.114. The molecule has 1 heterocycles. The van der Waals surface area contributed by atoms with E-state index in [1.165, 1.54) is 24.4 Å². The summed E-state index contributed by atoms with van der Waals surface area (Å²) < 4.78 is 4.62. The minimum Gasteiger partial charge on any atom is -0.466 e. The third-order valence-corrected chi connectivity index (χ3v) is 6.61. The molecule has 33 heavy (non-hydrogen) atoms. The third-order valence-electron chi connectivity index (χ3n) is 5.68. The number of fused-ring (bicyclic) bond motifs is 1. The predicted molar refractivity (Wildman–Crippen MR) is 141 cm³/mol. The Bertz CT molecular complexity index is 1160. The molecule has 0 amide bonds. The van der Waals surface area contributed by atoms with Gasteiger partial charge in [0.15, 0.2) is 0 Å². The number of nitrogens with zero attached hydrogens (tertiary/aromatic N) is 1. The van der Waals surface area contributed by atoms with Crippen LogP contribution in [0.5, 0.6) is 0 Å². The van der Waals surface area contributed by atoms with E-state index in [0.717, 1.165) is 36.2 Å². The lowest BCUT2D eigenvalue weighted by Gasteiger charge is -2.39. The average Bonchev–Trinajstić information content (AvgIpc) is 2.77. The Hall–Kier alpha value is -3.21. The smallest absolute Gasteiger partial charge is 0.330 e. The molecule has 0 aliphatic carbocycles. The molecule has 0 radical (unpaired) electrons. The van der Waals surface area contributed by atoms with E-state index in [9.17, 15) is 4.79 Å². The number of ether oxygens (including phenoxy) is 1. The zero-order valence-corrected chi connectivity index (χ0v) is 21.6. The molecule has 0 unspecified atom stereocenters. The first-order valence-electron chi connectivity index (χ1n) is 11.3. The van der Waals surface area contributed by atoms with Gasteiger partial charge in [0, 0.05) is 29.4 Å². The van der Waals surface area contributed by atoms with Crippen LogP contribution >= 0.6 is 0 Å². The Morgan fingerprint density at radius 3 is 2.42 bits per heavy atom. The Morgan fingerprint density at radius 1 is 1.09 bits per heavy atom. The first kappa shape index (κ1) is 24.4. The van der Waals surface area contributed by atoms with Crippen molar-refractivity contribution < 1.29 is 9.53 Å². The largest absolute Gasteiger partial charge is 0.466 e. The number of carbonyl (C=O) groups excluding carboxylic acids is 1. The van der Waals surface area contributed by atoms with Crippen LogP contribution in [0.2, 0.25) is 19.6 Å². The van der Waals surface area contributed by atoms with Crippen LogP contribution < -0.4 is 4.90 Å². The molecule has 0 fully saturated rings. The lowest BCUT2D eigenvalue weighted by molar-refractivity contribution is -0.134. The summed E-state index contributed by atoms with van der Waals surface area (Å²) in [6.07, 6.45) is 4.25. The monoisotopic (exact) mass is 455 g/mol. The topological polar surface area (TPSA) is 29.5 Å². The molecule has 2 aromatic carbocycles. The van der Waals surface area contributed by atoms with Crippen molar-refractivity contribution in [2.24, 2.45) is 0 Å². The maximum Gasteiger partial charge on any atom is 0.330 e.